The SMILES string of the molecule is O=C(NCC(c1cccnc1)N1CCOCC1)c1cc(-c2ccc(F)cc2)no1. The summed E-state index contributed by atoms with van der Waals surface area (Å²) in [6.07, 6.45) is 3.54. The molecular weight excluding hydrogens is 375 g/mol. The first kappa shape index (κ1) is 19.2. The van der Waals surface area contributed by atoms with Gasteiger partial charge >= 0.3 is 0 Å². The number of nitrogens with one attached hydrogen (secondary N) is 1. The highest BCUT2D eigenvalue weighted by atomic mass is 19.1. The fraction of sp³-hybridized carbons (Fsp3) is 0.286. The second-order valence-corrected chi connectivity index (χ2v) is 6.74. The summed E-state index contributed by atoms with van der Waals surface area (Å²) in [6, 6.07) is 11.3. The molecule has 0 saturated carbocycles. The maximum absolute atomic E-state index is 13.1. The van der Waals surface area contributed by atoms with E-state index in [0.717, 1.165) is 18.7 Å². The number of aromatic nitrogens is 2. The maximum Gasteiger partial charge on any atom is 0.289 e. The number of morpholine rings is 1. The molecule has 29 heavy (non-hydrogen) atoms. The van der Waals surface area contributed by atoms with E-state index in [1.165, 1.54) is 12.1 Å². The van der Waals surface area contributed by atoms with Crippen molar-refractivity contribution in [1.82, 2.24) is 20.4 Å². The van der Waals surface area contributed by atoms with E-state index in [2.05, 4.69) is 20.4 Å². The number of ether oxygens (including phenoxy) is 1. The smallest absolute Gasteiger partial charge is 0.289 e. The van der Waals surface area contributed by atoms with Crippen LogP contribution in [0.1, 0.15) is 22.2 Å². The molecule has 0 spiro atoms. The molecule has 1 aliphatic rings. The highest BCUT2D eigenvalue weighted by Crippen LogP contribution is 2.22. The van der Waals surface area contributed by atoms with Gasteiger partial charge < -0.3 is 14.6 Å². The van der Waals surface area contributed by atoms with Crippen LogP contribution in [-0.4, -0.2) is 53.8 Å². The molecule has 1 amide bonds. The van der Waals surface area contributed by atoms with Crippen molar-refractivity contribution in [3.8, 4) is 11.3 Å². The lowest BCUT2D eigenvalue weighted by atomic mass is 10.1. The van der Waals surface area contributed by atoms with Gasteiger partial charge in [0.25, 0.3) is 5.91 Å². The number of halogens is 1. The molecule has 0 aliphatic carbocycles. The van der Waals surface area contributed by atoms with E-state index < -0.39 is 0 Å². The molecule has 0 bridgehead atoms. The third-order valence-electron chi connectivity index (χ3n) is 4.89. The molecule has 2 aromatic heterocycles. The van der Waals surface area contributed by atoms with Crippen molar-refractivity contribution in [1.29, 1.82) is 0 Å². The molecule has 1 fully saturated rings. The Morgan fingerprint density at radius 2 is 2.00 bits per heavy atom. The minimum absolute atomic E-state index is 0.0176. The summed E-state index contributed by atoms with van der Waals surface area (Å²) < 4.78 is 23.7. The van der Waals surface area contributed by atoms with Crippen molar-refractivity contribution in [2.24, 2.45) is 0 Å². The van der Waals surface area contributed by atoms with Crippen LogP contribution in [-0.2, 0) is 4.74 Å². The molecule has 7 nitrogen and oxygen atoms in total. The third kappa shape index (κ3) is 4.67. The van der Waals surface area contributed by atoms with E-state index in [1.807, 2.05) is 18.3 Å². The van der Waals surface area contributed by atoms with Crippen LogP contribution in [0, 0.1) is 5.82 Å². The number of amides is 1. The average molecular weight is 396 g/mol. The molecule has 1 unspecified atom stereocenters. The Balaban J connectivity index is 1.44. The summed E-state index contributed by atoms with van der Waals surface area (Å²) in [7, 11) is 0. The van der Waals surface area contributed by atoms with Crippen LogP contribution in [0.4, 0.5) is 4.39 Å². The van der Waals surface area contributed by atoms with Crippen molar-refractivity contribution < 1.29 is 18.4 Å². The molecule has 0 radical (unpaired) electrons. The van der Waals surface area contributed by atoms with E-state index >= 15 is 0 Å². The molecule has 3 heterocycles. The number of hydrogen-bond donors (Lipinski definition) is 1. The lowest BCUT2D eigenvalue weighted by Crippen LogP contribution is -2.43. The first-order valence-electron chi connectivity index (χ1n) is 9.43. The van der Waals surface area contributed by atoms with Gasteiger partial charge in [0.15, 0.2) is 0 Å². The van der Waals surface area contributed by atoms with Gasteiger partial charge in [-0.1, -0.05) is 11.2 Å². The molecule has 1 atom stereocenters. The normalized spacial score (nSPS) is 15.8. The number of pyridine rings is 1. The van der Waals surface area contributed by atoms with Gasteiger partial charge in [-0.15, -0.1) is 0 Å². The molecule has 3 aromatic rings. The Bertz CT molecular complexity index is 940. The first-order valence-corrected chi connectivity index (χ1v) is 9.43. The number of hydrogen-bond acceptors (Lipinski definition) is 6. The fourth-order valence-corrected chi connectivity index (χ4v) is 3.34. The average Bonchev–Trinajstić information content (AvgIpc) is 3.26. The maximum atomic E-state index is 13.1. The van der Waals surface area contributed by atoms with Crippen molar-refractivity contribution in [2.75, 3.05) is 32.8 Å². The number of rotatable bonds is 6. The summed E-state index contributed by atoms with van der Waals surface area (Å²) in [5, 5.41) is 6.84. The minimum atomic E-state index is -0.354. The zero-order valence-corrected chi connectivity index (χ0v) is 15.8. The molecule has 4 rings (SSSR count). The molecule has 150 valence electrons. The van der Waals surface area contributed by atoms with Crippen LogP contribution in [0.3, 0.4) is 0 Å². The predicted molar refractivity (Wildman–Crippen MR) is 104 cm³/mol. The summed E-state index contributed by atoms with van der Waals surface area (Å²) in [6.45, 7) is 3.29. The molecule has 1 aliphatic heterocycles. The number of carbonyl (C=O) groups is 1. The predicted octanol–water partition coefficient (Wildman–Crippen LogP) is 2.68. The van der Waals surface area contributed by atoms with Crippen LogP contribution in [0.15, 0.2) is 59.4 Å². The van der Waals surface area contributed by atoms with E-state index in [9.17, 15) is 9.18 Å². The third-order valence-corrected chi connectivity index (χ3v) is 4.89. The summed E-state index contributed by atoms with van der Waals surface area (Å²) in [5.74, 6) is -0.580. The number of nitrogens with zero attached hydrogens (tertiary/aromatic N) is 3. The largest absolute Gasteiger partial charge is 0.379 e. The topological polar surface area (TPSA) is 80.5 Å². The number of benzene rings is 1. The minimum Gasteiger partial charge on any atom is -0.379 e. The van der Waals surface area contributed by atoms with Crippen LogP contribution in [0.5, 0.6) is 0 Å². The van der Waals surface area contributed by atoms with Crippen molar-refractivity contribution in [3.05, 3.63) is 72.0 Å². The quantitative estimate of drug-likeness (QED) is 0.690. The van der Waals surface area contributed by atoms with Gasteiger partial charge in [-0.3, -0.25) is 14.7 Å². The van der Waals surface area contributed by atoms with Gasteiger partial charge in [-0.05, 0) is 35.9 Å². The summed E-state index contributed by atoms with van der Waals surface area (Å²) in [4.78, 5) is 19.1. The highest BCUT2D eigenvalue weighted by molar-refractivity contribution is 5.92. The van der Waals surface area contributed by atoms with Crippen LogP contribution in [0.2, 0.25) is 0 Å². The van der Waals surface area contributed by atoms with Crippen molar-refractivity contribution in [2.45, 2.75) is 6.04 Å². The molecule has 1 N–H and O–H groups in total. The highest BCUT2D eigenvalue weighted by Gasteiger charge is 2.24. The number of carbonyl (C=O) groups excluding carboxylic acids is 1. The van der Waals surface area contributed by atoms with Crippen molar-refractivity contribution >= 4 is 5.91 Å². The van der Waals surface area contributed by atoms with Gasteiger partial charge in [0.1, 0.15) is 11.5 Å². The van der Waals surface area contributed by atoms with Gasteiger partial charge in [0.2, 0.25) is 5.76 Å². The van der Waals surface area contributed by atoms with Crippen LogP contribution >= 0.6 is 0 Å². The Morgan fingerprint density at radius 3 is 2.72 bits per heavy atom. The van der Waals surface area contributed by atoms with Gasteiger partial charge in [0.05, 0.1) is 19.3 Å². The summed E-state index contributed by atoms with van der Waals surface area (Å²) >= 11 is 0. The standard InChI is InChI=1S/C21H21FN4O3/c22-17-5-3-15(4-6-17)18-12-20(29-25-18)21(27)24-14-19(16-2-1-7-23-13-16)26-8-10-28-11-9-26/h1-7,12-13,19H,8-11,14H2,(H,24,27). The molecular formula is C21H21FN4O3. The van der Waals surface area contributed by atoms with Crippen molar-refractivity contribution in [3.63, 3.8) is 0 Å². The Morgan fingerprint density at radius 1 is 1.21 bits per heavy atom. The van der Waals surface area contributed by atoms with E-state index in [0.29, 0.717) is 31.0 Å². The van der Waals surface area contributed by atoms with Gasteiger partial charge in [-0.25, -0.2) is 4.39 Å². The first-order chi connectivity index (χ1) is 14.2. The van der Waals surface area contributed by atoms with Crippen LogP contribution < -0.4 is 5.32 Å². The monoisotopic (exact) mass is 396 g/mol. The fourth-order valence-electron chi connectivity index (χ4n) is 3.34. The Kier molecular flexibility index (Phi) is 5.92. The molecule has 8 heteroatoms. The van der Waals surface area contributed by atoms with E-state index in [1.54, 1.807) is 24.4 Å². The lowest BCUT2D eigenvalue weighted by molar-refractivity contribution is 0.0161. The summed E-state index contributed by atoms with van der Waals surface area (Å²) in [5.41, 5.74) is 2.18. The molecule has 1 aromatic carbocycles. The van der Waals surface area contributed by atoms with Gasteiger partial charge in [0, 0.05) is 43.7 Å². The second-order valence-electron chi connectivity index (χ2n) is 6.74. The van der Waals surface area contributed by atoms with E-state index in [-0.39, 0.29) is 23.5 Å². The Labute approximate surface area is 167 Å². The molecule has 1 saturated heterocycles. The van der Waals surface area contributed by atoms with Crippen LogP contribution in [0.25, 0.3) is 11.3 Å². The van der Waals surface area contributed by atoms with E-state index in [4.69, 9.17) is 9.26 Å². The lowest BCUT2D eigenvalue weighted by Gasteiger charge is -2.34. The Hall–Kier alpha value is -3.10. The zero-order chi connectivity index (χ0) is 20.1. The van der Waals surface area contributed by atoms with Gasteiger partial charge in [-0.2, -0.15) is 0 Å². The second kappa shape index (κ2) is 8.93. The zero-order valence-electron chi connectivity index (χ0n) is 15.8.